The van der Waals surface area contributed by atoms with E-state index >= 15 is 0 Å². The predicted molar refractivity (Wildman–Crippen MR) is 89.4 cm³/mol. The SMILES string of the molecule is CCCCC(O)c1c(Br)ccc(OCc2ccccc2)c1F. The van der Waals surface area contributed by atoms with Crippen molar-refractivity contribution >= 4 is 15.9 Å². The summed E-state index contributed by atoms with van der Waals surface area (Å²) in [6.45, 7) is 2.33. The Morgan fingerprint density at radius 2 is 1.91 bits per heavy atom. The highest BCUT2D eigenvalue weighted by atomic mass is 79.9. The Kier molecular flexibility index (Phi) is 6.40. The fraction of sp³-hybridized carbons (Fsp3) is 0.333. The minimum Gasteiger partial charge on any atom is -0.486 e. The highest BCUT2D eigenvalue weighted by Crippen LogP contribution is 2.34. The first-order chi connectivity index (χ1) is 10.6. The van der Waals surface area contributed by atoms with Gasteiger partial charge in [-0.1, -0.05) is 66.0 Å². The van der Waals surface area contributed by atoms with Crippen LogP contribution in [0.4, 0.5) is 4.39 Å². The number of hydrogen-bond acceptors (Lipinski definition) is 2. The Morgan fingerprint density at radius 3 is 2.59 bits per heavy atom. The molecule has 2 nitrogen and oxygen atoms in total. The molecule has 118 valence electrons. The van der Waals surface area contributed by atoms with Crippen molar-refractivity contribution in [3.05, 3.63) is 63.9 Å². The Labute approximate surface area is 139 Å². The Hall–Kier alpha value is -1.39. The van der Waals surface area contributed by atoms with Gasteiger partial charge in [0.2, 0.25) is 0 Å². The second kappa shape index (κ2) is 8.30. The van der Waals surface area contributed by atoms with E-state index in [-0.39, 0.29) is 11.3 Å². The van der Waals surface area contributed by atoms with Gasteiger partial charge in [-0.15, -0.1) is 0 Å². The largest absolute Gasteiger partial charge is 0.486 e. The third-order valence-electron chi connectivity index (χ3n) is 3.49. The van der Waals surface area contributed by atoms with Crippen molar-refractivity contribution in [2.75, 3.05) is 0 Å². The van der Waals surface area contributed by atoms with E-state index in [9.17, 15) is 9.50 Å². The fourth-order valence-electron chi connectivity index (χ4n) is 2.24. The van der Waals surface area contributed by atoms with Crippen LogP contribution in [0.3, 0.4) is 0 Å². The molecule has 1 unspecified atom stereocenters. The number of aliphatic hydroxyl groups is 1. The molecule has 0 amide bonds. The number of halogens is 2. The van der Waals surface area contributed by atoms with Crippen LogP contribution in [0.2, 0.25) is 0 Å². The van der Waals surface area contributed by atoms with Crippen LogP contribution in [0.1, 0.15) is 43.4 Å². The first-order valence-corrected chi connectivity index (χ1v) is 8.25. The molecule has 22 heavy (non-hydrogen) atoms. The molecule has 0 aliphatic rings. The molecule has 0 saturated heterocycles. The number of hydrogen-bond donors (Lipinski definition) is 1. The summed E-state index contributed by atoms with van der Waals surface area (Å²) in [7, 11) is 0. The lowest BCUT2D eigenvalue weighted by Gasteiger charge is -2.16. The van der Waals surface area contributed by atoms with E-state index in [0.29, 0.717) is 17.5 Å². The average Bonchev–Trinajstić information content (AvgIpc) is 2.53. The van der Waals surface area contributed by atoms with Crippen LogP contribution in [0.15, 0.2) is 46.9 Å². The van der Waals surface area contributed by atoms with Crippen LogP contribution in [0.5, 0.6) is 5.75 Å². The molecule has 1 N–H and O–H groups in total. The molecule has 0 aliphatic carbocycles. The summed E-state index contributed by atoms with van der Waals surface area (Å²) in [6.07, 6.45) is 1.52. The quantitative estimate of drug-likeness (QED) is 0.711. The van der Waals surface area contributed by atoms with Gasteiger partial charge in [0.05, 0.1) is 6.10 Å². The predicted octanol–water partition coefficient (Wildman–Crippen LogP) is 5.39. The van der Waals surface area contributed by atoms with Gasteiger partial charge in [-0.2, -0.15) is 0 Å². The topological polar surface area (TPSA) is 29.5 Å². The van der Waals surface area contributed by atoms with Gasteiger partial charge in [-0.25, -0.2) is 4.39 Å². The van der Waals surface area contributed by atoms with Crippen molar-refractivity contribution in [1.82, 2.24) is 0 Å². The number of benzene rings is 2. The van der Waals surface area contributed by atoms with E-state index < -0.39 is 11.9 Å². The van der Waals surface area contributed by atoms with E-state index in [1.807, 2.05) is 37.3 Å². The molecule has 4 heteroatoms. The van der Waals surface area contributed by atoms with E-state index in [1.54, 1.807) is 12.1 Å². The number of aliphatic hydroxyl groups excluding tert-OH is 1. The van der Waals surface area contributed by atoms with Crippen LogP contribution in [-0.2, 0) is 6.61 Å². The van der Waals surface area contributed by atoms with E-state index in [2.05, 4.69) is 15.9 Å². The molecule has 2 aromatic carbocycles. The Balaban J connectivity index is 2.15. The zero-order chi connectivity index (χ0) is 15.9. The molecule has 2 aromatic rings. The van der Waals surface area contributed by atoms with Crippen molar-refractivity contribution < 1.29 is 14.2 Å². The fourth-order valence-corrected chi connectivity index (χ4v) is 2.81. The molecule has 0 aromatic heterocycles. The van der Waals surface area contributed by atoms with Gasteiger partial charge in [0.25, 0.3) is 0 Å². The van der Waals surface area contributed by atoms with Gasteiger partial charge in [-0.3, -0.25) is 0 Å². The molecule has 2 rings (SSSR count). The van der Waals surface area contributed by atoms with E-state index in [1.165, 1.54) is 0 Å². The molecule has 0 saturated carbocycles. The van der Waals surface area contributed by atoms with Crippen LogP contribution in [0.25, 0.3) is 0 Å². The molecular weight excluding hydrogens is 347 g/mol. The smallest absolute Gasteiger partial charge is 0.171 e. The molecule has 0 heterocycles. The molecule has 0 aliphatic heterocycles. The second-order valence-electron chi connectivity index (χ2n) is 5.21. The summed E-state index contributed by atoms with van der Waals surface area (Å²) in [5.41, 5.74) is 1.25. The number of rotatable bonds is 7. The van der Waals surface area contributed by atoms with E-state index in [0.717, 1.165) is 18.4 Å². The standard InChI is InChI=1S/C18H20BrFO2/c1-2-3-9-15(21)17-14(19)10-11-16(18(17)20)22-12-13-7-5-4-6-8-13/h4-8,10-11,15,21H,2-3,9,12H2,1H3. The first-order valence-electron chi connectivity index (χ1n) is 7.46. The van der Waals surface area contributed by atoms with Crippen LogP contribution < -0.4 is 4.74 Å². The summed E-state index contributed by atoms with van der Waals surface area (Å²) in [5, 5.41) is 10.2. The van der Waals surface area contributed by atoms with Crippen LogP contribution in [-0.4, -0.2) is 5.11 Å². The van der Waals surface area contributed by atoms with Gasteiger partial charge < -0.3 is 9.84 Å². The van der Waals surface area contributed by atoms with Crippen molar-refractivity contribution in [3.8, 4) is 5.75 Å². The minimum absolute atomic E-state index is 0.164. The van der Waals surface area contributed by atoms with Gasteiger partial charge >= 0.3 is 0 Å². The second-order valence-corrected chi connectivity index (χ2v) is 6.06. The van der Waals surface area contributed by atoms with Crippen molar-refractivity contribution in [2.45, 2.75) is 38.9 Å². The van der Waals surface area contributed by atoms with Crippen LogP contribution in [0, 0.1) is 5.82 Å². The lowest BCUT2D eigenvalue weighted by Crippen LogP contribution is -2.05. The van der Waals surface area contributed by atoms with Crippen LogP contribution >= 0.6 is 15.9 Å². The molecule has 0 spiro atoms. The molecule has 0 bridgehead atoms. The third-order valence-corrected chi connectivity index (χ3v) is 4.18. The monoisotopic (exact) mass is 366 g/mol. The van der Waals surface area contributed by atoms with Gasteiger partial charge in [0.1, 0.15) is 6.61 Å². The van der Waals surface area contributed by atoms with Crippen molar-refractivity contribution in [1.29, 1.82) is 0 Å². The highest BCUT2D eigenvalue weighted by Gasteiger charge is 2.20. The average molecular weight is 367 g/mol. The van der Waals surface area contributed by atoms with Gasteiger partial charge in [0.15, 0.2) is 11.6 Å². The third kappa shape index (κ3) is 4.31. The summed E-state index contributed by atoms with van der Waals surface area (Å²) >= 11 is 3.31. The highest BCUT2D eigenvalue weighted by molar-refractivity contribution is 9.10. The summed E-state index contributed by atoms with van der Waals surface area (Å²) in [6, 6.07) is 12.9. The number of ether oxygens (including phenoxy) is 1. The molecular formula is C18H20BrFO2. The maximum Gasteiger partial charge on any atom is 0.171 e. The first kappa shape index (κ1) is 17.0. The van der Waals surface area contributed by atoms with Gasteiger partial charge in [0, 0.05) is 10.0 Å². The lowest BCUT2D eigenvalue weighted by atomic mass is 10.0. The normalized spacial score (nSPS) is 12.2. The summed E-state index contributed by atoms with van der Waals surface area (Å²) in [5.74, 6) is -0.327. The Bertz CT molecular complexity index is 602. The van der Waals surface area contributed by atoms with Crippen molar-refractivity contribution in [2.24, 2.45) is 0 Å². The molecule has 0 fully saturated rings. The van der Waals surface area contributed by atoms with Crippen molar-refractivity contribution in [3.63, 3.8) is 0 Å². The molecule has 1 atom stereocenters. The zero-order valence-corrected chi connectivity index (χ0v) is 14.1. The lowest BCUT2D eigenvalue weighted by molar-refractivity contribution is 0.157. The minimum atomic E-state index is -0.824. The maximum atomic E-state index is 14.6. The van der Waals surface area contributed by atoms with E-state index in [4.69, 9.17) is 4.74 Å². The number of unbranched alkanes of at least 4 members (excludes halogenated alkanes) is 1. The zero-order valence-electron chi connectivity index (χ0n) is 12.6. The summed E-state index contributed by atoms with van der Waals surface area (Å²) < 4.78 is 20.7. The molecule has 0 radical (unpaired) electrons. The Morgan fingerprint density at radius 1 is 1.18 bits per heavy atom. The summed E-state index contributed by atoms with van der Waals surface area (Å²) in [4.78, 5) is 0. The van der Waals surface area contributed by atoms with Gasteiger partial charge in [-0.05, 0) is 24.1 Å². The maximum absolute atomic E-state index is 14.6.